The zero-order chi connectivity index (χ0) is 9.97. The molecule has 0 bridgehead atoms. The van der Waals surface area contributed by atoms with Crippen LogP contribution in [0.1, 0.15) is 24.0 Å². The van der Waals surface area contributed by atoms with Crippen LogP contribution in [0.5, 0.6) is 0 Å². The molecule has 2 heteroatoms. The van der Waals surface area contributed by atoms with E-state index in [9.17, 15) is 5.11 Å². The maximum absolute atomic E-state index is 9.38. The number of aliphatic hydroxyl groups excluding tert-OH is 1. The molecule has 1 fully saturated rings. The quantitative estimate of drug-likeness (QED) is 0.760. The summed E-state index contributed by atoms with van der Waals surface area (Å²) in [6.45, 7) is 2.96. The highest BCUT2D eigenvalue weighted by Crippen LogP contribution is 2.19. The van der Waals surface area contributed by atoms with Crippen molar-refractivity contribution in [3.05, 3.63) is 35.4 Å². The second kappa shape index (κ2) is 4.11. The highest BCUT2D eigenvalue weighted by atomic mass is 16.3. The molecule has 2 N–H and O–H groups in total. The lowest BCUT2D eigenvalue weighted by molar-refractivity contribution is 0.0493. The molecular formula is C12H17NO. The first-order valence-corrected chi connectivity index (χ1v) is 5.23. The van der Waals surface area contributed by atoms with E-state index in [-0.39, 0.29) is 6.10 Å². The molecule has 0 aromatic heterocycles. The Labute approximate surface area is 85.0 Å². The molecule has 76 valence electrons. The van der Waals surface area contributed by atoms with Crippen LogP contribution in [0.25, 0.3) is 0 Å². The van der Waals surface area contributed by atoms with E-state index in [1.807, 2.05) is 0 Å². The molecule has 0 heterocycles. The first-order chi connectivity index (χ1) is 6.75. The number of hydrogen-bond acceptors (Lipinski definition) is 2. The van der Waals surface area contributed by atoms with E-state index in [1.165, 1.54) is 11.1 Å². The van der Waals surface area contributed by atoms with E-state index >= 15 is 0 Å². The van der Waals surface area contributed by atoms with Gasteiger partial charge >= 0.3 is 0 Å². The molecule has 0 saturated heterocycles. The number of benzene rings is 1. The zero-order valence-corrected chi connectivity index (χ0v) is 8.53. The van der Waals surface area contributed by atoms with Crippen LogP contribution in [0.4, 0.5) is 0 Å². The largest absolute Gasteiger partial charge is 0.392 e. The van der Waals surface area contributed by atoms with Crippen LogP contribution in [0, 0.1) is 6.92 Å². The molecule has 2 rings (SSSR count). The average molecular weight is 191 g/mol. The third-order valence-corrected chi connectivity index (χ3v) is 2.89. The van der Waals surface area contributed by atoms with Crippen LogP contribution < -0.4 is 5.32 Å². The topological polar surface area (TPSA) is 32.3 Å². The van der Waals surface area contributed by atoms with Crippen LogP contribution >= 0.6 is 0 Å². The van der Waals surface area contributed by atoms with Gasteiger partial charge in [0.15, 0.2) is 0 Å². The van der Waals surface area contributed by atoms with E-state index in [1.54, 1.807) is 0 Å². The van der Waals surface area contributed by atoms with E-state index in [4.69, 9.17) is 0 Å². The highest BCUT2D eigenvalue weighted by Gasteiger charge is 2.27. The highest BCUT2D eigenvalue weighted by molar-refractivity contribution is 5.22. The summed E-state index contributed by atoms with van der Waals surface area (Å²) in [7, 11) is 0. The number of aryl methyl sites for hydroxylation is 1. The third-order valence-electron chi connectivity index (χ3n) is 2.89. The summed E-state index contributed by atoms with van der Waals surface area (Å²) in [5, 5.41) is 12.7. The first-order valence-electron chi connectivity index (χ1n) is 5.23. The van der Waals surface area contributed by atoms with Gasteiger partial charge in [-0.15, -0.1) is 0 Å². The maximum atomic E-state index is 9.38. The van der Waals surface area contributed by atoms with Crippen molar-refractivity contribution < 1.29 is 5.11 Å². The molecule has 2 nitrogen and oxygen atoms in total. The van der Waals surface area contributed by atoms with Crippen molar-refractivity contribution in [3.63, 3.8) is 0 Å². The Morgan fingerprint density at radius 3 is 2.86 bits per heavy atom. The van der Waals surface area contributed by atoms with Crippen molar-refractivity contribution >= 4 is 0 Å². The number of nitrogens with one attached hydrogen (secondary N) is 1. The summed E-state index contributed by atoms with van der Waals surface area (Å²) in [6, 6.07) is 8.78. The second-order valence-corrected chi connectivity index (χ2v) is 4.12. The standard InChI is InChI=1S/C12H17NO/c1-9-3-2-4-10(7-9)8-13-11-5-6-12(11)14/h2-4,7,11-14H,5-6,8H2,1H3. The summed E-state index contributed by atoms with van der Waals surface area (Å²) >= 11 is 0. The molecule has 0 radical (unpaired) electrons. The summed E-state index contributed by atoms with van der Waals surface area (Å²) in [4.78, 5) is 0. The fourth-order valence-corrected chi connectivity index (χ4v) is 1.79. The number of hydrogen-bond donors (Lipinski definition) is 2. The molecule has 0 aliphatic heterocycles. The van der Waals surface area contributed by atoms with Gasteiger partial charge < -0.3 is 10.4 Å². The van der Waals surface area contributed by atoms with Gasteiger partial charge in [-0.3, -0.25) is 0 Å². The molecule has 14 heavy (non-hydrogen) atoms. The summed E-state index contributed by atoms with van der Waals surface area (Å²) in [5.41, 5.74) is 2.59. The van der Waals surface area contributed by atoms with Crippen LogP contribution in [0.3, 0.4) is 0 Å². The Morgan fingerprint density at radius 1 is 1.43 bits per heavy atom. The first kappa shape index (κ1) is 9.69. The SMILES string of the molecule is Cc1cccc(CNC2CCC2O)c1. The maximum Gasteiger partial charge on any atom is 0.0693 e. The Bertz CT molecular complexity index is 311. The fraction of sp³-hybridized carbons (Fsp3) is 0.500. The second-order valence-electron chi connectivity index (χ2n) is 4.12. The van der Waals surface area contributed by atoms with Gasteiger partial charge in [-0.1, -0.05) is 29.8 Å². The minimum atomic E-state index is -0.125. The predicted octanol–water partition coefficient (Wildman–Crippen LogP) is 1.61. The van der Waals surface area contributed by atoms with E-state index < -0.39 is 0 Å². The van der Waals surface area contributed by atoms with Gasteiger partial charge in [0.1, 0.15) is 0 Å². The molecule has 0 amide bonds. The van der Waals surface area contributed by atoms with Gasteiger partial charge in [0, 0.05) is 12.6 Å². The normalized spacial score (nSPS) is 25.9. The Balaban J connectivity index is 1.85. The minimum absolute atomic E-state index is 0.125. The van der Waals surface area contributed by atoms with Crippen molar-refractivity contribution in [2.24, 2.45) is 0 Å². The van der Waals surface area contributed by atoms with Gasteiger partial charge in [0.05, 0.1) is 6.10 Å². The number of rotatable bonds is 3. The van der Waals surface area contributed by atoms with Crippen molar-refractivity contribution in [2.45, 2.75) is 38.5 Å². The Hall–Kier alpha value is -0.860. The van der Waals surface area contributed by atoms with Crippen molar-refractivity contribution in [2.75, 3.05) is 0 Å². The summed E-state index contributed by atoms with van der Waals surface area (Å²) < 4.78 is 0. The molecule has 2 unspecified atom stereocenters. The predicted molar refractivity (Wildman–Crippen MR) is 57.0 cm³/mol. The Kier molecular flexibility index (Phi) is 2.85. The van der Waals surface area contributed by atoms with Gasteiger partial charge in [0.25, 0.3) is 0 Å². The summed E-state index contributed by atoms with van der Waals surface area (Å²) in [6.07, 6.45) is 1.93. The van der Waals surface area contributed by atoms with Gasteiger partial charge in [-0.05, 0) is 25.3 Å². The van der Waals surface area contributed by atoms with Crippen LogP contribution in [-0.2, 0) is 6.54 Å². The summed E-state index contributed by atoms with van der Waals surface area (Å²) in [5.74, 6) is 0. The van der Waals surface area contributed by atoms with Crippen molar-refractivity contribution in [1.82, 2.24) is 5.32 Å². The molecule has 1 aliphatic carbocycles. The van der Waals surface area contributed by atoms with Gasteiger partial charge in [0.2, 0.25) is 0 Å². The van der Waals surface area contributed by atoms with Gasteiger partial charge in [-0.25, -0.2) is 0 Å². The molecular weight excluding hydrogens is 174 g/mol. The average Bonchev–Trinajstić information content (AvgIpc) is 2.16. The molecule has 1 aliphatic rings. The molecule has 1 aromatic rings. The lowest BCUT2D eigenvalue weighted by Gasteiger charge is -2.33. The fourth-order valence-electron chi connectivity index (χ4n) is 1.79. The van der Waals surface area contributed by atoms with Gasteiger partial charge in [-0.2, -0.15) is 0 Å². The monoisotopic (exact) mass is 191 g/mol. The smallest absolute Gasteiger partial charge is 0.0693 e. The van der Waals surface area contributed by atoms with Crippen LogP contribution in [0.2, 0.25) is 0 Å². The van der Waals surface area contributed by atoms with Crippen molar-refractivity contribution in [3.8, 4) is 0 Å². The van der Waals surface area contributed by atoms with Crippen molar-refractivity contribution in [1.29, 1.82) is 0 Å². The van der Waals surface area contributed by atoms with E-state index in [2.05, 4.69) is 36.5 Å². The third kappa shape index (κ3) is 2.14. The Morgan fingerprint density at radius 2 is 2.29 bits per heavy atom. The van der Waals surface area contributed by atoms with E-state index in [0.717, 1.165) is 19.4 Å². The molecule has 1 saturated carbocycles. The molecule has 1 aromatic carbocycles. The van der Waals surface area contributed by atoms with Crippen LogP contribution in [-0.4, -0.2) is 17.3 Å². The lowest BCUT2D eigenvalue weighted by Crippen LogP contribution is -2.47. The molecule has 0 spiro atoms. The van der Waals surface area contributed by atoms with E-state index in [0.29, 0.717) is 6.04 Å². The zero-order valence-electron chi connectivity index (χ0n) is 8.53. The van der Waals surface area contributed by atoms with Crippen LogP contribution in [0.15, 0.2) is 24.3 Å². The lowest BCUT2D eigenvalue weighted by atomic mass is 9.89. The minimum Gasteiger partial charge on any atom is -0.392 e. The number of aliphatic hydroxyl groups is 1. The molecule has 2 atom stereocenters.